The Hall–Kier alpha value is -0.120. The van der Waals surface area contributed by atoms with Gasteiger partial charge >= 0.3 is 0 Å². The molecular formula is C14H29N3. The van der Waals surface area contributed by atoms with Gasteiger partial charge in [-0.3, -0.25) is 4.90 Å². The van der Waals surface area contributed by atoms with Crippen LogP contribution in [0.25, 0.3) is 0 Å². The van der Waals surface area contributed by atoms with Gasteiger partial charge in [-0.2, -0.15) is 0 Å². The molecule has 0 unspecified atom stereocenters. The fourth-order valence-electron chi connectivity index (χ4n) is 3.23. The molecule has 1 heterocycles. The number of piperazine rings is 1. The minimum atomic E-state index is 0.273. The Morgan fingerprint density at radius 1 is 1.06 bits per heavy atom. The van der Waals surface area contributed by atoms with Gasteiger partial charge in [0.2, 0.25) is 0 Å². The van der Waals surface area contributed by atoms with Gasteiger partial charge in [0.1, 0.15) is 0 Å². The zero-order valence-electron chi connectivity index (χ0n) is 11.6. The smallest absolute Gasteiger partial charge is 0.0113 e. The molecule has 100 valence electrons. The van der Waals surface area contributed by atoms with Gasteiger partial charge in [0.25, 0.3) is 0 Å². The summed E-state index contributed by atoms with van der Waals surface area (Å²) < 4.78 is 0. The van der Waals surface area contributed by atoms with Gasteiger partial charge in [-0.05, 0) is 24.8 Å². The molecule has 1 aliphatic carbocycles. The molecule has 1 aliphatic heterocycles. The summed E-state index contributed by atoms with van der Waals surface area (Å²) in [6.07, 6.45) is 5.78. The molecule has 3 nitrogen and oxygen atoms in total. The van der Waals surface area contributed by atoms with Crippen molar-refractivity contribution in [2.45, 2.75) is 45.6 Å². The van der Waals surface area contributed by atoms with Gasteiger partial charge in [0.05, 0.1) is 0 Å². The Balaban J connectivity index is 1.74. The van der Waals surface area contributed by atoms with Crippen molar-refractivity contribution in [3.63, 3.8) is 0 Å². The van der Waals surface area contributed by atoms with E-state index < -0.39 is 0 Å². The van der Waals surface area contributed by atoms with Crippen LogP contribution < -0.4 is 5.73 Å². The van der Waals surface area contributed by atoms with E-state index in [2.05, 4.69) is 23.6 Å². The molecule has 0 amide bonds. The largest absolute Gasteiger partial charge is 0.330 e. The third kappa shape index (κ3) is 3.67. The summed E-state index contributed by atoms with van der Waals surface area (Å²) in [5.74, 6) is 0. The van der Waals surface area contributed by atoms with E-state index in [0.29, 0.717) is 0 Å². The highest BCUT2D eigenvalue weighted by atomic mass is 15.3. The van der Waals surface area contributed by atoms with Crippen molar-refractivity contribution < 1.29 is 0 Å². The number of hydrogen-bond acceptors (Lipinski definition) is 3. The Morgan fingerprint density at radius 2 is 1.65 bits per heavy atom. The lowest BCUT2D eigenvalue weighted by Gasteiger charge is -2.40. The molecule has 0 aromatic heterocycles. The lowest BCUT2D eigenvalue weighted by molar-refractivity contribution is 0.0748. The number of nitrogens with two attached hydrogens (primary N) is 1. The maximum atomic E-state index is 5.81. The van der Waals surface area contributed by atoms with Gasteiger partial charge in [-0.15, -0.1) is 0 Å². The highest BCUT2D eigenvalue weighted by Crippen LogP contribution is 2.25. The van der Waals surface area contributed by atoms with Crippen LogP contribution >= 0.6 is 0 Å². The van der Waals surface area contributed by atoms with E-state index in [1.165, 1.54) is 51.9 Å². The monoisotopic (exact) mass is 239 g/mol. The second-order valence-corrected chi connectivity index (χ2v) is 6.62. The average molecular weight is 239 g/mol. The first kappa shape index (κ1) is 13.3. The maximum absolute atomic E-state index is 5.81. The molecule has 2 fully saturated rings. The van der Waals surface area contributed by atoms with Crippen molar-refractivity contribution in [3.05, 3.63) is 0 Å². The molecule has 17 heavy (non-hydrogen) atoms. The van der Waals surface area contributed by atoms with E-state index in [1.807, 2.05) is 0 Å². The van der Waals surface area contributed by atoms with Crippen molar-refractivity contribution in [2.75, 3.05) is 39.3 Å². The maximum Gasteiger partial charge on any atom is 0.0113 e. The lowest BCUT2D eigenvalue weighted by Crippen LogP contribution is -2.52. The molecule has 2 rings (SSSR count). The minimum absolute atomic E-state index is 0.273. The number of rotatable bonds is 4. The summed E-state index contributed by atoms with van der Waals surface area (Å²) in [5.41, 5.74) is 6.09. The van der Waals surface area contributed by atoms with Gasteiger partial charge in [-0.25, -0.2) is 0 Å². The zero-order valence-corrected chi connectivity index (χ0v) is 11.6. The van der Waals surface area contributed by atoms with Crippen LogP contribution in [0.5, 0.6) is 0 Å². The van der Waals surface area contributed by atoms with E-state index in [9.17, 15) is 0 Å². The lowest BCUT2D eigenvalue weighted by atomic mass is 9.93. The van der Waals surface area contributed by atoms with Crippen molar-refractivity contribution >= 4 is 0 Å². The second-order valence-electron chi connectivity index (χ2n) is 6.62. The molecule has 0 aromatic rings. The van der Waals surface area contributed by atoms with Gasteiger partial charge in [-0.1, -0.05) is 26.7 Å². The zero-order chi connectivity index (χ0) is 12.3. The minimum Gasteiger partial charge on any atom is -0.330 e. The number of hydrogen-bond donors (Lipinski definition) is 1. The fraction of sp³-hybridized carbons (Fsp3) is 1.00. The highest BCUT2D eigenvalue weighted by molar-refractivity contribution is 4.84. The summed E-state index contributed by atoms with van der Waals surface area (Å²) in [7, 11) is 0. The van der Waals surface area contributed by atoms with Crippen LogP contribution in [0.2, 0.25) is 0 Å². The van der Waals surface area contributed by atoms with Crippen LogP contribution in [0.4, 0.5) is 0 Å². The topological polar surface area (TPSA) is 32.5 Å². The van der Waals surface area contributed by atoms with Crippen LogP contribution in [0, 0.1) is 5.41 Å². The highest BCUT2D eigenvalue weighted by Gasteiger charge is 2.28. The first-order valence-electron chi connectivity index (χ1n) is 7.27. The molecule has 0 spiro atoms. The second kappa shape index (κ2) is 5.68. The summed E-state index contributed by atoms with van der Waals surface area (Å²) in [4.78, 5) is 5.32. The number of nitrogens with zero attached hydrogens (tertiary/aromatic N) is 2. The third-order valence-corrected chi connectivity index (χ3v) is 4.45. The first-order chi connectivity index (χ1) is 8.11. The van der Waals surface area contributed by atoms with Crippen LogP contribution in [0.3, 0.4) is 0 Å². The standard InChI is InChI=1S/C14H29N3/c1-14(2,11-15)12-16-7-9-17(10-8-16)13-5-3-4-6-13/h13H,3-12,15H2,1-2H3. The Bertz CT molecular complexity index is 226. The third-order valence-electron chi connectivity index (χ3n) is 4.45. The predicted molar refractivity (Wildman–Crippen MR) is 73.1 cm³/mol. The molecule has 3 heteroatoms. The average Bonchev–Trinajstić information content (AvgIpc) is 2.83. The summed E-state index contributed by atoms with van der Waals surface area (Å²) >= 11 is 0. The summed E-state index contributed by atoms with van der Waals surface area (Å²) in [5, 5.41) is 0. The Kier molecular flexibility index (Phi) is 4.45. The summed E-state index contributed by atoms with van der Waals surface area (Å²) in [6, 6.07) is 0.902. The predicted octanol–water partition coefficient (Wildman–Crippen LogP) is 1.53. The molecule has 2 N–H and O–H groups in total. The molecule has 0 bridgehead atoms. The van der Waals surface area contributed by atoms with Gasteiger partial charge < -0.3 is 10.6 Å². The van der Waals surface area contributed by atoms with Crippen molar-refractivity contribution in [2.24, 2.45) is 11.1 Å². The van der Waals surface area contributed by atoms with E-state index in [-0.39, 0.29) is 5.41 Å². The van der Waals surface area contributed by atoms with Gasteiger partial charge in [0.15, 0.2) is 0 Å². The summed E-state index contributed by atoms with van der Waals surface area (Å²) in [6.45, 7) is 11.5. The SMILES string of the molecule is CC(C)(CN)CN1CCN(C2CCCC2)CC1. The molecule has 0 radical (unpaired) electrons. The van der Waals surface area contributed by atoms with E-state index >= 15 is 0 Å². The van der Waals surface area contributed by atoms with E-state index in [0.717, 1.165) is 19.1 Å². The van der Waals surface area contributed by atoms with E-state index in [4.69, 9.17) is 5.73 Å². The molecule has 1 saturated carbocycles. The molecular weight excluding hydrogens is 210 g/mol. The first-order valence-corrected chi connectivity index (χ1v) is 7.27. The molecule has 0 aromatic carbocycles. The van der Waals surface area contributed by atoms with Crippen LogP contribution in [0.15, 0.2) is 0 Å². The van der Waals surface area contributed by atoms with Crippen LogP contribution in [-0.4, -0.2) is 55.1 Å². The van der Waals surface area contributed by atoms with E-state index in [1.54, 1.807) is 0 Å². The van der Waals surface area contributed by atoms with Crippen LogP contribution in [0.1, 0.15) is 39.5 Å². The van der Waals surface area contributed by atoms with Crippen molar-refractivity contribution in [3.8, 4) is 0 Å². The molecule has 2 aliphatic rings. The van der Waals surface area contributed by atoms with Crippen molar-refractivity contribution in [1.29, 1.82) is 0 Å². The van der Waals surface area contributed by atoms with Crippen LogP contribution in [-0.2, 0) is 0 Å². The van der Waals surface area contributed by atoms with Crippen molar-refractivity contribution in [1.82, 2.24) is 9.80 Å². The Morgan fingerprint density at radius 3 is 2.18 bits per heavy atom. The molecule has 0 atom stereocenters. The van der Waals surface area contributed by atoms with Gasteiger partial charge in [0, 0.05) is 38.8 Å². The fourth-order valence-corrected chi connectivity index (χ4v) is 3.23. The normalized spacial score (nSPS) is 25.6. The molecule has 1 saturated heterocycles. The Labute approximate surface area is 106 Å². The quantitative estimate of drug-likeness (QED) is 0.807.